The minimum Gasteiger partial charge on any atom is -0.381 e. The van der Waals surface area contributed by atoms with Gasteiger partial charge in [-0.05, 0) is 54.5 Å². The second-order valence-corrected chi connectivity index (χ2v) is 10.8. The molecule has 2 aromatic carbocycles. The van der Waals surface area contributed by atoms with Gasteiger partial charge in [-0.3, -0.25) is 4.79 Å². The van der Waals surface area contributed by atoms with Gasteiger partial charge in [0.05, 0.1) is 22.4 Å². The molecule has 0 radical (unpaired) electrons. The van der Waals surface area contributed by atoms with E-state index in [0.29, 0.717) is 50.5 Å². The number of nitrogens with zero attached hydrogens (tertiary/aromatic N) is 2. The average Bonchev–Trinajstić information content (AvgIpc) is 2.78. The van der Waals surface area contributed by atoms with Crippen LogP contribution in [0.4, 0.5) is 0 Å². The molecule has 2 fully saturated rings. The summed E-state index contributed by atoms with van der Waals surface area (Å²) in [5.41, 5.74) is 8.23. The average molecular weight is 468 g/mol. The van der Waals surface area contributed by atoms with E-state index in [9.17, 15) is 18.5 Å². The topological polar surface area (TPSA) is 113 Å². The third-order valence-corrected chi connectivity index (χ3v) is 8.54. The quantitative estimate of drug-likeness (QED) is 0.639. The van der Waals surface area contributed by atoms with Crippen molar-refractivity contribution in [2.24, 2.45) is 11.7 Å². The highest BCUT2D eigenvalue weighted by Crippen LogP contribution is 2.27. The second-order valence-electron chi connectivity index (χ2n) is 8.90. The molecule has 2 heterocycles. The molecule has 7 nitrogen and oxygen atoms in total. The van der Waals surface area contributed by atoms with Gasteiger partial charge in [0.2, 0.25) is 10.0 Å². The fraction of sp³-hybridized carbons (Fsp3) is 0.440. The molecule has 1 atom stereocenters. The number of ether oxygens (including phenoxy) is 1. The SMILES string of the molecule is N#C[C@@H](CC(=O)C1(N)CCOCC1)Cc1ccc(-c2ccc(S(=O)(=O)N3CCC3)cc2)cc1. The van der Waals surface area contributed by atoms with Crippen molar-refractivity contribution in [3.05, 3.63) is 54.1 Å². The summed E-state index contributed by atoms with van der Waals surface area (Å²) in [6.45, 7) is 2.13. The third kappa shape index (κ3) is 5.17. The molecule has 0 spiro atoms. The van der Waals surface area contributed by atoms with Crippen molar-refractivity contribution in [1.82, 2.24) is 4.31 Å². The van der Waals surface area contributed by atoms with Gasteiger partial charge < -0.3 is 10.5 Å². The van der Waals surface area contributed by atoms with E-state index in [-0.39, 0.29) is 12.2 Å². The number of nitriles is 1. The van der Waals surface area contributed by atoms with Crippen molar-refractivity contribution >= 4 is 15.8 Å². The molecule has 2 saturated heterocycles. The highest BCUT2D eigenvalue weighted by Gasteiger charge is 2.36. The first kappa shape index (κ1) is 23.6. The van der Waals surface area contributed by atoms with Gasteiger partial charge in [-0.1, -0.05) is 36.4 Å². The molecule has 2 N–H and O–H groups in total. The normalized spacial score (nSPS) is 19.3. The lowest BCUT2D eigenvalue weighted by atomic mass is 9.81. The zero-order valence-corrected chi connectivity index (χ0v) is 19.4. The van der Waals surface area contributed by atoms with Crippen LogP contribution in [0.15, 0.2) is 53.4 Å². The van der Waals surface area contributed by atoms with Gasteiger partial charge >= 0.3 is 0 Å². The number of benzene rings is 2. The largest absolute Gasteiger partial charge is 0.381 e. The summed E-state index contributed by atoms with van der Waals surface area (Å²) < 4.78 is 31.8. The zero-order chi connectivity index (χ0) is 23.5. The van der Waals surface area contributed by atoms with Crippen LogP contribution in [-0.2, 0) is 26.0 Å². The van der Waals surface area contributed by atoms with Gasteiger partial charge in [0, 0.05) is 32.7 Å². The minimum atomic E-state index is -3.39. The Morgan fingerprint density at radius 1 is 1.06 bits per heavy atom. The van der Waals surface area contributed by atoms with Crippen LogP contribution in [0.25, 0.3) is 11.1 Å². The first-order chi connectivity index (χ1) is 15.8. The van der Waals surface area contributed by atoms with E-state index in [0.717, 1.165) is 23.1 Å². The number of carbonyl (C=O) groups is 1. The maximum Gasteiger partial charge on any atom is 0.243 e. The van der Waals surface area contributed by atoms with Crippen LogP contribution < -0.4 is 5.73 Å². The van der Waals surface area contributed by atoms with E-state index in [4.69, 9.17) is 10.5 Å². The lowest BCUT2D eigenvalue weighted by molar-refractivity contribution is -0.128. The van der Waals surface area contributed by atoms with Crippen LogP contribution in [0.3, 0.4) is 0 Å². The third-order valence-electron chi connectivity index (χ3n) is 6.63. The maximum absolute atomic E-state index is 12.7. The van der Waals surface area contributed by atoms with Crippen LogP contribution >= 0.6 is 0 Å². The van der Waals surface area contributed by atoms with E-state index in [2.05, 4.69) is 6.07 Å². The molecule has 0 bridgehead atoms. The number of hydrogen-bond donors (Lipinski definition) is 1. The smallest absolute Gasteiger partial charge is 0.243 e. The fourth-order valence-electron chi connectivity index (χ4n) is 4.22. The Balaban J connectivity index is 1.39. The Kier molecular flexibility index (Phi) is 6.96. The molecule has 33 heavy (non-hydrogen) atoms. The predicted octanol–water partition coefficient (Wildman–Crippen LogP) is 2.90. The van der Waals surface area contributed by atoms with Crippen molar-refractivity contribution in [2.45, 2.75) is 42.5 Å². The summed E-state index contributed by atoms with van der Waals surface area (Å²) in [4.78, 5) is 13.0. The minimum absolute atomic E-state index is 0.0674. The summed E-state index contributed by atoms with van der Waals surface area (Å²) in [6, 6.07) is 17.0. The lowest BCUT2D eigenvalue weighted by Crippen LogP contribution is -2.52. The molecule has 0 unspecified atom stereocenters. The summed E-state index contributed by atoms with van der Waals surface area (Å²) >= 11 is 0. The van der Waals surface area contributed by atoms with Crippen LogP contribution in [0.1, 0.15) is 31.2 Å². The zero-order valence-electron chi connectivity index (χ0n) is 18.6. The molecule has 2 aliphatic rings. The molecule has 2 aliphatic heterocycles. The van der Waals surface area contributed by atoms with Crippen molar-refractivity contribution in [2.75, 3.05) is 26.3 Å². The molecule has 0 amide bonds. The van der Waals surface area contributed by atoms with Crippen molar-refractivity contribution in [3.63, 3.8) is 0 Å². The van der Waals surface area contributed by atoms with Crippen molar-refractivity contribution in [3.8, 4) is 17.2 Å². The van der Waals surface area contributed by atoms with Gasteiger partial charge in [0.25, 0.3) is 0 Å². The Bertz CT molecular complexity index is 1130. The molecule has 174 valence electrons. The van der Waals surface area contributed by atoms with E-state index in [1.807, 2.05) is 36.4 Å². The molecule has 8 heteroatoms. The monoisotopic (exact) mass is 467 g/mol. The van der Waals surface area contributed by atoms with Gasteiger partial charge in [-0.15, -0.1) is 0 Å². The molecular weight excluding hydrogens is 438 g/mol. The molecule has 0 aromatic heterocycles. The molecule has 2 aromatic rings. The first-order valence-electron chi connectivity index (χ1n) is 11.3. The van der Waals surface area contributed by atoms with Crippen molar-refractivity contribution in [1.29, 1.82) is 5.26 Å². The number of ketones is 1. The molecule has 4 rings (SSSR count). The predicted molar refractivity (Wildman–Crippen MR) is 125 cm³/mol. The number of hydrogen-bond acceptors (Lipinski definition) is 6. The Morgan fingerprint density at radius 2 is 1.64 bits per heavy atom. The number of sulfonamides is 1. The van der Waals surface area contributed by atoms with Gasteiger partial charge in [-0.25, -0.2) is 8.42 Å². The van der Waals surface area contributed by atoms with Crippen LogP contribution in [0.2, 0.25) is 0 Å². The summed E-state index contributed by atoms with van der Waals surface area (Å²) in [5, 5.41) is 9.58. The number of carbonyl (C=O) groups excluding carboxylic acids is 1. The number of rotatable bonds is 8. The fourth-order valence-corrected chi connectivity index (χ4v) is 5.74. The maximum atomic E-state index is 12.7. The van der Waals surface area contributed by atoms with Crippen molar-refractivity contribution < 1.29 is 17.9 Å². The molecule has 0 saturated carbocycles. The Labute approximate surface area is 195 Å². The summed E-state index contributed by atoms with van der Waals surface area (Å²) in [7, 11) is -3.39. The van der Waals surface area contributed by atoms with E-state index in [1.165, 1.54) is 4.31 Å². The Morgan fingerprint density at radius 3 is 2.15 bits per heavy atom. The number of nitrogens with two attached hydrogens (primary N) is 1. The van der Waals surface area contributed by atoms with E-state index >= 15 is 0 Å². The summed E-state index contributed by atoms with van der Waals surface area (Å²) in [6.07, 6.45) is 2.52. The first-order valence-corrected chi connectivity index (χ1v) is 12.7. The van der Waals surface area contributed by atoms with Gasteiger partial charge in [-0.2, -0.15) is 9.57 Å². The van der Waals surface area contributed by atoms with Crippen LogP contribution in [0.5, 0.6) is 0 Å². The van der Waals surface area contributed by atoms with Crippen LogP contribution in [0, 0.1) is 17.2 Å². The molecular formula is C25H29N3O4S. The Hall–Kier alpha value is -2.57. The van der Waals surface area contributed by atoms with Gasteiger partial charge in [0.15, 0.2) is 5.78 Å². The van der Waals surface area contributed by atoms with Crippen LogP contribution in [-0.4, -0.2) is 50.3 Å². The summed E-state index contributed by atoms with van der Waals surface area (Å²) in [5.74, 6) is -0.500. The highest BCUT2D eigenvalue weighted by atomic mass is 32.2. The number of Topliss-reactive ketones (excluding diaryl/α,β-unsaturated/α-hetero) is 1. The van der Waals surface area contributed by atoms with Gasteiger partial charge in [0.1, 0.15) is 0 Å². The second kappa shape index (κ2) is 9.74. The van der Waals surface area contributed by atoms with E-state index < -0.39 is 21.5 Å². The molecule has 0 aliphatic carbocycles. The highest BCUT2D eigenvalue weighted by molar-refractivity contribution is 7.89. The lowest BCUT2D eigenvalue weighted by Gasteiger charge is -2.32. The standard InChI is InChI=1S/C25H29N3O4S/c26-18-20(17-24(29)25(27)10-14-32-15-11-25)16-19-2-4-21(5-3-19)22-6-8-23(9-7-22)33(30,31)28-12-1-13-28/h2-9,20H,1,10-17,27H2/t20-/m1/s1. The van der Waals surface area contributed by atoms with E-state index in [1.54, 1.807) is 12.1 Å².